The summed E-state index contributed by atoms with van der Waals surface area (Å²) in [5.74, 6) is 0. The van der Waals surface area contributed by atoms with Crippen molar-refractivity contribution in [3.63, 3.8) is 0 Å². The summed E-state index contributed by atoms with van der Waals surface area (Å²) in [6.07, 6.45) is 0. The molecule has 6 heteroatoms. The molecule has 0 atom stereocenters. The van der Waals surface area contributed by atoms with Gasteiger partial charge in [0.1, 0.15) is 0 Å². The van der Waals surface area contributed by atoms with Gasteiger partial charge in [0.05, 0.1) is 0 Å². The Morgan fingerprint density at radius 1 is 1.00 bits per heavy atom. The Hall–Kier alpha value is 4.08. The normalized spacial score (nSPS) is 0. The predicted octanol–water partition coefficient (Wildman–Crippen LogP) is -0.0150. The van der Waals surface area contributed by atoms with E-state index in [-0.39, 0.29) is 126 Å². The molecule has 0 unspecified atom stereocenters. The van der Waals surface area contributed by atoms with Crippen LogP contribution in [0.5, 0.6) is 0 Å². The maximum atomic E-state index is 0. The second-order valence-corrected chi connectivity index (χ2v) is 0. The van der Waals surface area contributed by atoms with Crippen molar-refractivity contribution in [2.75, 3.05) is 0 Å². The first-order chi connectivity index (χ1) is 0. The summed E-state index contributed by atoms with van der Waals surface area (Å²) in [5.41, 5.74) is 0. The molecule has 0 aromatic carbocycles. The molecular formula is CoNbNiTaTiZr. The molecular weight excluding hydrogens is 531 g/mol. The summed E-state index contributed by atoms with van der Waals surface area (Å²) in [6, 6.07) is 0. The fourth-order valence-corrected chi connectivity index (χ4v) is 0. The van der Waals surface area contributed by atoms with Gasteiger partial charge in [0.25, 0.3) is 0 Å². The van der Waals surface area contributed by atoms with Gasteiger partial charge in [0.15, 0.2) is 0 Å². The van der Waals surface area contributed by atoms with E-state index in [1.807, 2.05) is 0 Å². The Morgan fingerprint density at radius 2 is 1.00 bits per heavy atom. The summed E-state index contributed by atoms with van der Waals surface area (Å²) in [7, 11) is 0. The number of hydrogen-bond acceptors (Lipinski definition) is 0. The first-order valence-corrected chi connectivity index (χ1v) is 0. The molecule has 0 bridgehead atoms. The fraction of sp³-hybridized carbons (Fsp3) is 0. The van der Waals surface area contributed by atoms with Crippen molar-refractivity contribution in [1.82, 2.24) is 0 Å². The average molecular weight is 531 g/mol. The number of rotatable bonds is 0. The molecule has 0 N–H and O–H groups in total. The van der Waals surface area contributed by atoms with Crippen LogP contribution in [0.1, 0.15) is 0 Å². The van der Waals surface area contributed by atoms with Crippen molar-refractivity contribution in [3.05, 3.63) is 0 Å². The molecule has 0 aromatic rings. The van der Waals surface area contributed by atoms with E-state index in [0.29, 0.717) is 0 Å². The first kappa shape index (κ1) is 49.9. The van der Waals surface area contributed by atoms with Crippen molar-refractivity contribution in [2.24, 2.45) is 0 Å². The largest absolute Gasteiger partial charge is 0 e. The monoisotopic (exact) mass is 529 g/mol. The first-order valence-electron chi connectivity index (χ1n) is 0. The van der Waals surface area contributed by atoms with Crippen LogP contribution in [0.2, 0.25) is 0 Å². The Kier molecular flexibility index (Phi) is 296. The zero-order chi connectivity index (χ0) is 0. The van der Waals surface area contributed by atoms with Crippen LogP contribution in [-0.2, 0) is 126 Å². The molecule has 0 aromatic heterocycles. The smallest absolute Gasteiger partial charge is 0 e. The summed E-state index contributed by atoms with van der Waals surface area (Å²) in [5, 5.41) is 0. The van der Waals surface area contributed by atoms with E-state index in [1.54, 1.807) is 0 Å². The minimum absolute atomic E-state index is 0. The molecule has 0 saturated heterocycles. The van der Waals surface area contributed by atoms with Gasteiger partial charge in [-0.05, 0) is 0 Å². The van der Waals surface area contributed by atoms with Gasteiger partial charge in [-0.1, -0.05) is 0 Å². The van der Waals surface area contributed by atoms with Gasteiger partial charge >= 0.3 is 0 Å². The molecule has 6 heavy (non-hydrogen) atoms. The van der Waals surface area contributed by atoms with Crippen LogP contribution in [0, 0.1) is 0 Å². The molecule has 0 nitrogen and oxygen atoms in total. The Balaban J connectivity index is 0. The second kappa shape index (κ2) is 35.6. The molecule has 0 fully saturated rings. The van der Waals surface area contributed by atoms with Crippen LogP contribution in [0.25, 0.3) is 0 Å². The third-order valence-corrected chi connectivity index (χ3v) is 0. The standard InChI is InChI=1S/Co.Nb.Ni.Ta.Ti.Zr. The van der Waals surface area contributed by atoms with Gasteiger partial charge in [-0.25, -0.2) is 0 Å². The summed E-state index contributed by atoms with van der Waals surface area (Å²) >= 11 is 0. The minimum Gasteiger partial charge on any atom is 0 e. The molecule has 0 saturated carbocycles. The van der Waals surface area contributed by atoms with Crippen LogP contribution < -0.4 is 0 Å². The topological polar surface area (TPSA) is 0 Å². The molecule has 0 spiro atoms. The van der Waals surface area contributed by atoms with E-state index in [9.17, 15) is 0 Å². The summed E-state index contributed by atoms with van der Waals surface area (Å²) < 4.78 is 0. The fourth-order valence-electron chi connectivity index (χ4n) is 0. The quantitative estimate of drug-likeness (QED) is 0.387. The Morgan fingerprint density at radius 3 is 1.00 bits per heavy atom. The molecule has 3 radical (unpaired) electrons. The van der Waals surface area contributed by atoms with E-state index >= 15 is 0 Å². The van der Waals surface area contributed by atoms with Crippen LogP contribution in [0.3, 0.4) is 0 Å². The maximum Gasteiger partial charge on any atom is 0 e. The Bertz CT molecular complexity index is 15.5. The second-order valence-electron chi connectivity index (χ2n) is 0. The molecule has 0 amide bonds. The minimum atomic E-state index is 0. The molecule has 0 heterocycles. The SMILES string of the molecule is [Co].[Nb].[Ni].[Ta].[Ti].[Zr]. The van der Waals surface area contributed by atoms with Gasteiger partial charge in [-0.15, -0.1) is 0 Å². The van der Waals surface area contributed by atoms with Crippen molar-refractivity contribution in [2.45, 2.75) is 0 Å². The number of hydrogen-bond donors (Lipinski definition) is 0. The molecule has 0 aliphatic carbocycles. The molecule has 0 aliphatic heterocycles. The molecule has 0 aliphatic rings. The van der Waals surface area contributed by atoms with Crippen molar-refractivity contribution >= 4 is 0 Å². The van der Waals surface area contributed by atoms with Gasteiger partial charge in [0.2, 0.25) is 0 Å². The van der Waals surface area contributed by atoms with Gasteiger partial charge in [-0.2, -0.15) is 0 Å². The predicted molar refractivity (Wildman–Crippen MR) is 0 cm³/mol. The van der Waals surface area contributed by atoms with E-state index < -0.39 is 0 Å². The van der Waals surface area contributed by atoms with Gasteiger partial charge in [0, 0.05) is 126 Å². The van der Waals surface area contributed by atoms with Crippen LogP contribution in [0.4, 0.5) is 0 Å². The zero-order valence-corrected chi connectivity index (χ0v) is 14.0. The van der Waals surface area contributed by atoms with Crippen molar-refractivity contribution in [3.8, 4) is 0 Å². The van der Waals surface area contributed by atoms with E-state index in [0.717, 1.165) is 0 Å². The van der Waals surface area contributed by atoms with Crippen LogP contribution in [0.15, 0.2) is 0 Å². The maximum absolute atomic E-state index is 0. The Labute approximate surface area is 123 Å². The molecule has 0 rings (SSSR count). The summed E-state index contributed by atoms with van der Waals surface area (Å²) in [6.45, 7) is 0. The van der Waals surface area contributed by atoms with E-state index in [4.69, 9.17) is 0 Å². The van der Waals surface area contributed by atoms with Crippen LogP contribution in [-0.4, -0.2) is 0 Å². The zero-order valence-electron chi connectivity index (χ0n) is 2.54. The third-order valence-electron chi connectivity index (χ3n) is 0. The molecule has 37 valence electrons. The van der Waals surface area contributed by atoms with Crippen LogP contribution >= 0.6 is 0 Å². The van der Waals surface area contributed by atoms with E-state index in [2.05, 4.69) is 0 Å². The van der Waals surface area contributed by atoms with Gasteiger partial charge in [-0.3, -0.25) is 0 Å². The van der Waals surface area contributed by atoms with E-state index in [1.165, 1.54) is 0 Å². The average Bonchev–Trinajstić information content (AvgIpc) is 0. The van der Waals surface area contributed by atoms with Gasteiger partial charge < -0.3 is 0 Å². The van der Waals surface area contributed by atoms with Crippen molar-refractivity contribution < 1.29 is 126 Å². The third kappa shape index (κ3) is 24.3. The van der Waals surface area contributed by atoms with Crippen molar-refractivity contribution in [1.29, 1.82) is 0 Å². The summed E-state index contributed by atoms with van der Waals surface area (Å²) in [4.78, 5) is 0.